The van der Waals surface area contributed by atoms with E-state index in [1.807, 2.05) is 42.5 Å². The molecule has 0 spiro atoms. The minimum absolute atomic E-state index is 0.0690. The van der Waals surface area contributed by atoms with Gasteiger partial charge in [0.05, 0.1) is 25.4 Å². The molecule has 1 rings (SSSR count). The van der Waals surface area contributed by atoms with Crippen LogP contribution in [0, 0.1) is 0 Å². The zero-order valence-electron chi connectivity index (χ0n) is 45.7. The minimum Gasteiger partial charge on any atom is -0.454 e. The van der Waals surface area contributed by atoms with E-state index < -0.39 is 67.4 Å². The van der Waals surface area contributed by atoms with Crippen molar-refractivity contribution in [3.63, 3.8) is 0 Å². The lowest BCUT2D eigenvalue weighted by atomic mass is 9.99. The number of aliphatic hydroxyl groups is 5. The summed E-state index contributed by atoms with van der Waals surface area (Å²) in [6.45, 7) is 5.54. The molecular formula is C62H103NO10. The van der Waals surface area contributed by atoms with E-state index >= 15 is 0 Å². The maximum Gasteiger partial charge on any atom is 0.306 e. The molecular weight excluding hydrogens is 919 g/mol. The Morgan fingerprint density at radius 1 is 0.562 bits per heavy atom. The number of rotatable bonds is 46. The van der Waals surface area contributed by atoms with Crippen molar-refractivity contribution < 1.29 is 49.3 Å². The van der Waals surface area contributed by atoms with Crippen LogP contribution in [0.1, 0.15) is 207 Å². The molecule has 11 nitrogen and oxygen atoms in total. The Bertz CT molecular complexity index is 1600. The fourth-order valence-corrected chi connectivity index (χ4v) is 8.17. The number of allylic oxidation sites excluding steroid dienone is 17. The van der Waals surface area contributed by atoms with Crippen molar-refractivity contribution in [3.05, 3.63) is 109 Å². The van der Waals surface area contributed by atoms with E-state index in [1.54, 1.807) is 6.08 Å². The van der Waals surface area contributed by atoms with Gasteiger partial charge >= 0.3 is 5.97 Å². The van der Waals surface area contributed by atoms with Gasteiger partial charge in [0.2, 0.25) is 5.91 Å². The van der Waals surface area contributed by atoms with E-state index in [0.29, 0.717) is 12.8 Å². The van der Waals surface area contributed by atoms with Gasteiger partial charge in [0.25, 0.3) is 0 Å². The van der Waals surface area contributed by atoms with Crippen molar-refractivity contribution in [1.29, 1.82) is 0 Å². The highest BCUT2D eigenvalue weighted by atomic mass is 16.7. The molecule has 11 heteroatoms. The molecule has 1 amide bonds. The second-order valence-corrected chi connectivity index (χ2v) is 19.4. The van der Waals surface area contributed by atoms with Crippen LogP contribution in [-0.4, -0.2) is 99.6 Å². The molecule has 1 aliphatic rings. The van der Waals surface area contributed by atoms with Crippen molar-refractivity contribution in [2.75, 3.05) is 13.2 Å². The highest BCUT2D eigenvalue weighted by molar-refractivity contribution is 5.80. The molecule has 1 heterocycles. The van der Waals surface area contributed by atoms with Crippen LogP contribution in [0.4, 0.5) is 0 Å². The lowest BCUT2D eigenvalue weighted by Crippen LogP contribution is -2.61. The third-order valence-corrected chi connectivity index (χ3v) is 12.8. The van der Waals surface area contributed by atoms with Gasteiger partial charge < -0.3 is 45.1 Å². The van der Waals surface area contributed by atoms with Crippen molar-refractivity contribution in [1.82, 2.24) is 5.32 Å². The second kappa shape index (κ2) is 49.2. The summed E-state index contributed by atoms with van der Waals surface area (Å²) in [7, 11) is 0. The minimum atomic E-state index is -1.64. The van der Waals surface area contributed by atoms with E-state index in [9.17, 15) is 35.1 Å². The average molecular weight is 1020 g/mol. The lowest BCUT2D eigenvalue weighted by Gasteiger charge is -2.41. The Labute approximate surface area is 443 Å². The van der Waals surface area contributed by atoms with Crippen molar-refractivity contribution in [3.8, 4) is 0 Å². The maximum atomic E-state index is 13.4. The number of unbranched alkanes of at least 4 members (excludes halogenated alkanes) is 19. The SMILES string of the molecule is CC/C=C/C=C/C=C\C=C/CCCCCC(=O)OC1C(OCC(NC(=O)C(O)CCCCCC/C=C\C/C=C\C/C=C\C/C=C\CCCCC)C(O)/C=C/CCCCCCCCCCC)OC(CO)C(O)C1O. The first-order valence-electron chi connectivity index (χ1n) is 28.7. The van der Waals surface area contributed by atoms with Crippen LogP contribution in [0.2, 0.25) is 0 Å². The number of ether oxygens (including phenoxy) is 3. The average Bonchev–Trinajstić information content (AvgIpc) is 3.39. The van der Waals surface area contributed by atoms with Crippen LogP contribution in [0.3, 0.4) is 0 Å². The summed E-state index contributed by atoms with van der Waals surface area (Å²) in [5, 5.41) is 56.7. The van der Waals surface area contributed by atoms with Crippen LogP contribution in [0.5, 0.6) is 0 Å². The quantitative estimate of drug-likeness (QED) is 0.0149. The molecule has 8 unspecified atom stereocenters. The summed E-state index contributed by atoms with van der Waals surface area (Å²) in [5.74, 6) is -1.27. The highest BCUT2D eigenvalue weighted by Gasteiger charge is 2.47. The smallest absolute Gasteiger partial charge is 0.306 e. The van der Waals surface area contributed by atoms with E-state index in [4.69, 9.17) is 14.2 Å². The number of amides is 1. The maximum absolute atomic E-state index is 13.4. The fraction of sp³-hybridized carbons (Fsp3) is 0.677. The van der Waals surface area contributed by atoms with Crippen LogP contribution in [0.25, 0.3) is 0 Å². The Morgan fingerprint density at radius 3 is 1.63 bits per heavy atom. The molecule has 0 aromatic rings. The molecule has 1 aliphatic heterocycles. The summed E-state index contributed by atoms with van der Waals surface area (Å²) in [6.07, 6.45) is 55.6. The summed E-state index contributed by atoms with van der Waals surface area (Å²) in [4.78, 5) is 26.4. The molecule has 0 aromatic heterocycles. The predicted octanol–water partition coefficient (Wildman–Crippen LogP) is 12.9. The van der Waals surface area contributed by atoms with Gasteiger partial charge in [0, 0.05) is 6.42 Å². The van der Waals surface area contributed by atoms with Crippen LogP contribution in [-0.2, 0) is 23.8 Å². The molecule has 6 N–H and O–H groups in total. The summed E-state index contributed by atoms with van der Waals surface area (Å²) in [6, 6.07) is -1.05. The predicted molar refractivity (Wildman–Crippen MR) is 301 cm³/mol. The molecule has 0 aliphatic carbocycles. The highest BCUT2D eigenvalue weighted by Crippen LogP contribution is 2.26. The van der Waals surface area contributed by atoms with Gasteiger partial charge in [-0.05, 0) is 89.9 Å². The number of carbonyl (C=O) groups excluding carboxylic acids is 2. The van der Waals surface area contributed by atoms with Crippen LogP contribution >= 0.6 is 0 Å². The number of hydrogen-bond acceptors (Lipinski definition) is 10. The zero-order chi connectivity index (χ0) is 53.3. The third kappa shape index (κ3) is 37.7. The fourth-order valence-electron chi connectivity index (χ4n) is 8.17. The van der Waals surface area contributed by atoms with E-state index in [1.165, 1.54) is 64.2 Å². The summed E-state index contributed by atoms with van der Waals surface area (Å²) >= 11 is 0. The Morgan fingerprint density at radius 2 is 1.04 bits per heavy atom. The Hall–Kier alpha value is -3.68. The molecule has 416 valence electrons. The van der Waals surface area contributed by atoms with Gasteiger partial charge in [-0.2, -0.15) is 0 Å². The zero-order valence-corrected chi connectivity index (χ0v) is 45.7. The van der Waals surface area contributed by atoms with Gasteiger partial charge in [-0.15, -0.1) is 0 Å². The number of aliphatic hydroxyl groups excluding tert-OH is 5. The standard InChI is InChI=1S/C62H103NO10/c1-4-7-10-13-16-19-22-24-25-26-27-28-29-30-32-34-37-40-43-46-49-55(66)61(70)63-53(54(65)48-45-42-39-36-33-21-18-15-12-9-6-3)52-71-62-60(59(69)58(68)56(51-64)72-62)73-57(67)50-47-44-41-38-35-31-23-20-17-14-11-8-5-2/h8,11,14,16-17,19-20,23-25,27-28,30-32,35,45,48,53-56,58-60,62,64-66,68-69H,4-7,9-10,12-13,15,18,21-22,26,29,33-34,36-44,46-47,49-52H2,1-3H3,(H,63,70)/b11-8+,17-14+,19-16-,23-20-,25-24-,28-27-,32-30-,35-31-,48-45+. The van der Waals surface area contributed by atoms with Gasteiger partial charge in [0.1, 0.15) is 24.4 Å². The van der Waals surface area contributed by atoms with Crippen molar-refractivity contribution in [2.45, 2.75) is 256 Å². The first kappa shape index (κ1) is 67.3. The van der Waals surface area contributed by atoms with Gasteiger partial charge in [-0.1, -0.05) is 220 Å². The number of esters is 1. The topological polar surface area (TPSA) is 175 Å². The van der Waals surface area contributed by atoms with Gasteiger partial charge in [-0.25, -0.2) is 0 Å². The molecule has 0 radical (unpaired) electrons. The van der Waals surface area contributed by atoms with Crippen molar-refractivity contribution in [2.24, 2.45) is 0 Å². The van der Waals surface area contributed by atoms with Crippen LogP contribution < -0.4 is 5.32 Å². The first-order chi connectivity index (χ1) is 35.7. The monoisotopic (exact) mass is 1020 g/mol. The first-order valence-corrected chi connectivity index (χ1v) is 28.7. The molecule has 0 aromatic carbocycles. The number of hydrogen-bond donors (Lipinski definition) is 6. The molecule has 1 saturated heterocycles. The Balaban J connectivity index is 2.75. The Kier molecular flexibility index (Phi) is 45.4. The molecule has 0 bridgehead atoms. The van der Waals surface area contributed by atoms with E-state index in [0.717, 1.165) is 96.3 Å². The van der Waals surface area contributed by atoms with E-state index in [-0.39, 0.29) is 19.4 Å². The third-order valence-electron chi connectivity index (χ3n) is 12.8. The molecule has 73 heavy (non-hydrogen) atoms. The number of nitrogens with one attached hydrogen (secondary N) is 1. The largest absolute Gasteiger partial charge is 0.454 e. The normalized spacial score (nSPS) is 20.2. The van der Waals surface area contributed by atoms with Gasteiger partial charge in [-0.3, -0.25) is 9.59 Å². The lowest BCUT2D eigenvalue weighted by molar-refractivity contribution is -0.305. The summed E-state index contributed by atoms with van der Waals surface area (Å²) in [5.41, 5.74) is 0. The number of carbonyl (C=O) groups is 2. The molecule has 0 saturated carbocycles. The molecule has 1 fully saturated rings. The summed E-state index contributed by atoms with van der Waals surface area (Å²) < 4.78 is 17.5. The molecule has 8 atom stereocenters. The van der Waals surface area contributed by atoms with E-state index in [2.05, 4.69) is 86.8 Å². The van der Waals surface area contributed by atoms with Gasteiger partial charge in [0.15, 0.2) is 12.4 Å². The van der Waals surface area contributed by atoms with Crippen LogP contribution in [0.15, 0.2) is 109 Å². The second-order valence-electron chi connectivity index (χ2n) is 19.4. The van der Waals surface area contributed by atoms with Crippen molar-refractivity contribution >= 4 is 11.9 Å².